The van der Waals surface area contributed by atoms with E-state index in [1.165, 1.54) is 25.7 Å². The first kappa shape index (κ1) is 41.5. The molecule has 8 rings (SSSR count). The summed E-state index contributed by atoms with van der Waals surface area (Å²) in [5.41, 5.74) is 2.15. The zero-order chi connectivity index (χ0) is 40.4. The van der Waals surface area contributed by atoms with Gasteiger partial charge in [-0.05, 0) is 116 Å². The first-order chi connectivity index (χ1) is 28.0. The molecular weight excluding hydrogens is 725 g/mol. The second kappa shape index (κ2) is 17.8. The lowest BCUT2D eigenvalue weighted by Gasteiger charge is -2.62. The summed E-state index contributed by atoms with van der Waals surface area (Å²) in [6, 6.07) is 18.1. The van der Waals surface area contributed by atoms with Crippen molar-refractivity contribution in [2.75, 3.05) is 26.2 Å². The maximum Gasteiger partial charge on any atom is 0.245 e. The van der Waals surface area contributed by atoms with Crippen molar-refractivity contribution in [1.82, 2.24) is 20.4 Å². The number of fused-ring (bicyclic) bond motifs is 5. The minimum Gasteiger partial charge on any atom is -0.393 e. The largest absolute Gasteiger partial charge is 0.393 e. The Bertz CT molecular complexity index is 1710. The molecule has 6 aliphatic rings. The van der Waals surface area contributed by atoms with Gasteiger partial charge in [0.25, 0.3) is 0 Å². The molecule has 0 spiro atoms. The molecule has 58 heavy (non-hydrogen) atoms. The summed E-state index contributed by atoms with van der Waals surface area (Å²) >= 11 is 0. The number of nitrogens with one attached hydrogen (secondary N) is 2. The smallest absolute Gasteiger partial charge is 0.245 e. The van der Waals surface area contributed by atoms with Crippen LogP contribution in [0.1, 0.15) is 115 Å². The molecule has 2 aromatic carbocycles. The number of carbonyl (C=O) groups excluding carboxylic acids is 3. The molecule has 5 aliphatic carbocycles. The molecule has 1 saturated heterocycles. The average molecular weight is 795 g/mol. The van der Waals surface area contributed by atoms with Crippen molar-refractivity contribution in [2.24, 2.45) is 40.4 Å². The highest BCUT2D eigenvalue weighted by Gasteiger charge is 2.61. The maximum absolute atomic E-state index is 14.5. The lowest BCUT2D eigenvalue weighted by Crippen LogP contribution is -2.63. The molecule has 0 unspecified atom stereocenters. The predicted octanol–water partition coefficient (Wildman–Crippen LogP) is 6.30. The first-order valence-corrected chi connectivity index (χ1v) is 23.1. The Balaban J connectivity index is 0.935. The fourth-order valence-electron chi connectivity index (χ4n) is 13.4. The van der Waals surface area contributed by atoms with Gasteiger partial charge >= 0.3 is 0 Å². The van der Waals surface area contributed by atoms with Crippen LogP contribution in [-0.4, -0.2) is 94.2 Å². The number of hydrogen-bond acceptors (Lipinski definition) is 6. The number of hydrogen-bond donors (Lipinski definition) is 4. The van der Waals surface area contributed by atoms with Gasteiger partial charge < -0.3 is 25.7 Å². The summed E-state index contributed by atoms with van der Waals surface area (Å²) in [5.74, 6) is 2.26. The van der Waals surface area contributed by atoms with E-state index in [0.717, 1.165) is 68.9 Å². The zero-order valence-corrected chi connectivity index (χ0v) is 35.2. The van der Waals surface area contributed by atoms with E-state index < -0.39 is 12.1 Å². The van der Waals surface area contributed by atoms with Gasteiger partial charge in [-0.1, -0.05) is 93.8 Å². The van der Waals surface area contributed by atoms with Crippen molar-refractivity contribution >= 4 is 17.7 Å². The van der Waals surface area contributed by atoms with Crippen molar-refractivity contribution in [2.45, 2.75) is 147 Å². The third kappa shape index (κ3) is 8.65. The molecule has 2 aromatic rings. The van der Waals surface area contributed by atoms with Gasteiger partial charge in [-0.3, -0.25) is 19.3 Å². The fraction of sp³-hybridized carbons (Fsp3) is 0.694. The molecule has 316 valence electrons. The van der Waals surface area contributed by atoms with Crippen LogP contribution in [-0.2, 0) is 27.2 Å². The molecule has 9 nitrogen and oxygen atoms in total. The summed E-state index contributed by atoms with van der Waals surface area (Å²) in [7, 11) is 0. The van der Waals surface area contributed by atoms with Crippen molar-refractivity contribution in [3.05, 3.63) is 71.8 Å². The molecule has 0 aromatic heterocycles. The summed E-state index contributed by atoms with van der Waals surface area (Å²) < 4.78 is 0. The van der Waals surface area contributed by atoms with Crippen molar-refractivity contribution in [1.29, 1.82) is 0 Å². The van der Waals surface area contributed by atoms with Crippen LogP contribution in [0.2, 0.25) is 0 Å². The van der Waals surface area contributed by atoms with Crippen molar-refractivity contribution in [3.63, 3.8) is 0 Å². The van der Waals surface area contributed by atoms with Crippen molar-refractivity contribution in [3.8, 4) is 0 Å². The van der Waals surface area contributed by atoms with Crippen LogP contribution in [0, 0.1) is 40.4 Å². The third-order valence-electron chi connectivity index (χ3n) is 16.8. The van der Waals surface area contributed by atoms with E-state index in [2.05, 4.69) is 29.4 Å². The Morgan fingerprint density at radius 1 is 0.724 bits per heavy atom. The zero-order valence-electron chi connectivity index (χ0n) is 35.2. The van der Waals surface area contributed by atoms with Crippen LogP contribution in [0.15, 0.2) is 60.7 Å². The highest BCUT2D eigenvalue weighted by Crippen LogP contribution is 2.66. The number of aliphatic hydroxyl groups excluding tert-OH is 2. The molecule has 9 heteroatoms. The van der Waals surface area contributed by atoms with E-state index in [4.69, 9.17) is 0 Å². The van der Waals surface area contributed by atoms with E-state index in [1.54, 1.807) is 0 Å². The SMILES string of the molecule is C[C@]12C[C@H](N3CCN(C(=O)[C@H](Cc4ccccc4)NC(=O)[C@H](Cc4ccccc4)NC(=O)CC4CCCCC4)CC3)[C@@H](O)C[C@@H]1CC[C@@H]1[C@@H]2CC[C@]2(C)[C@@H](O)CC[C@@H]12. The molecule has 0 bridgehead atoms. The molecule has 4 N–H and O–H groups in total. The Kier molecular flexibility index (Phi) is 12.7. The fourth-order valence-corrected chi connectivity index (χ4v) is 13.4. The summed E-state index contributed by atoms with van der Waals surface area (Å²) in [6.45, 7) is 7.34. The minimum atomic E-state index is -0.796. The van der Waals surface area contributed by atoms with Gasteiger partial charge in [0.05, 0.1) is 12.2 Å². The lowest BCUT2D eigenvalue weighted by atomic mass is 9.44. The molecule has 0 radical (unpaired) electrons. The third-order valence-corrected chi connectivity index (χ3v) is 16.8. The molecule has 11 atom stereocenters. The highest BCUT2D eigenvalue weighted by molar-refractivity contribution is 5.92. The summed E-state index contributed by atoms with van der Waals surface area (Å²) in [6.07, 6.45) is 14.8. The van der Waals surface area contributed by atoms with Gasteiger partial charge in [0, 0.05) is 51.5 Å². The standard InChI is InChI=1S/C49H70N4O5/c1-48-23-22-39-37(38(48)20-21-44(48)55)19-18-36-31-43(54)42(32-49(36,39)2)52-24-26-53(27-25-52)47(58)41(29-34-14-8-4-9-15-34)51-46(57)40(28-33-12-6-3-7-13-33)50-45(56)30-35-16-10-5-11-17-35/h3-4,6-9,12-15,35-44,54-55H,5,10-11,16-32H2,1-2H3,(H,50,56)(H,51,57)/t36-,37-,38-,39-,40-,41-,42-,43-,44-,48-,49-/m0/s1. The number of benzene rings is 2. The van der Waals surface area contributed by atoms with Crippen LogP contribution in [0.3, 0.4) is 0 Å². The Morgan fingerprint density at radius 3 is 2.03 bits per heavy atom. The summed E-state index contributed by atoms with van der Waals surface area (Å²) in [5, 5.41) is 28.9. The lowest BCUT2D eigenvalue weighted by molar-refractivity contribution is -0.157. The van der Waals surface area contributed by atoms with Crippen LogP contribution in [0.4, 0.5) is 0 Å². The van der Waals surface area contributed by atoms with Gasteiger partial charge in [0.15, 0.2) is 0 Å². The van der Waals surface area contributed by atoms with Gasteiger partial charge in [-0.2, -0.15) is 0 Å². The van der Waals surface area contributed by atoms with Gasteiger partial charge in [-0.15, -0.1) is 0 Å². The van der Waals surface area contributed by atoms with E-state index in [1.807, 2.05) is 65.6 Å². The normalized spacial score (nSPS) is 35.2. The Hall–Kier alpha value is -3.27. The topological polar surface area (TPSA) is 122 Å². The van der Waals surface area contributed by atoms with Crippen LogP contribution in [0.5, 0.6) is 0 Å². The molecule has 1 aliphatic heterocycles. The predicted molar refractivity (Wildman–Crippen MR) is 226 cm³/mol. The average Bonchev–Trinajstić information content (AvgIpc) is 3.54. The number of amides is 3. The Morgan fingerprint density at radius 2 is 1.36 bits per heavy atom. The molecule has 5 saturated carbocycles. The minimum absolute atomic E-state index is 0.0594. The quantitative estimate of drug-likeness (QED) is 0.212. The molecule has 6 fully saturated rings. The summed E-state index contributed by atoms with van der Waals surface area (Å²) in [4.78, 5) is 46.5. The number of rotatable bonds is 11. The van der Waals surface area contributed by atoms with Gasteiger partial charge in [-0.25, -0.2) is 0 Å². The van der Waals surface area contributed by atoms with E-state index in [0.29, 0.717) is 75.0 Å². The van der Waals surface area contributed by atoms with Gasteiger partial charge in [0.2, 0.25) is 17.7 Å². The van der Waals surface area contributed by atoms with E-state index in [-0.39, 0.29) is 46.8 Å². The first-order valence-electron chi connectivity index (χ1n) is 23.1. The second-order valence-corrected chi connectivity index (χ2v) is 20.0. The maximum atomic E-state index is 14.5. The van der Waals surface area contributed by atoms with Crippen LogP contribution < -0.4 is 10.6 Å². The molecule has 3 amide bonds. The number of carbonyl (C=O) groups is 3. The van der Waals surface area contributed by atoms with Crippen LogP contribution >= 0.6 is 0 Å². The van der Waals surface area contributed by atoms with E-state index in [9.17, 15) is 24.6 Å². The van der Waals surface area contributed by atoms with E-state index >= 15 is 0 Å². The number of nitrogens with zero attached hydrogens (tertiary/aromatic N) is 2. The van der Waals surface area contributed by atoms with Crippen LogP contribution in [0.25, 0.3) is 0 Å². The van der Waals surface area contributed by atoms with Crippen molar-refractivity contribution < 1.29 is 24.6 Å². The Labute approximate surface area is 347 Å². The number of piperazine rings is 1. The highest BCUT2D eigenvalue weighted by atomic mass is 16.3. The molecular formula is C49H70N4O5. The monoisotopic (exact) mass is 795 g/mol. The second-order valence-electron chi connectivity index (χ2n) is 20.0. The van der Waals surface area contributed by atoms with Gasteiger partial charge in [0.1, 0.15) is 12.1 Å². The number of aliphatic hydroxyl groups is 2. The molecule has 1 heterocycles.